The van der Waals surface area contributed by atoms with Crippen LogP contribution in [0.2, 0.25) is 0 Å². The van der Waals surface area contributed by atoms with Gasteiger partial charge in [-0.05, 0) is 74.7 Å². The molecule has 0 spiro atoms. The van der Waals surface area contributed by atoms with Crippen LogP contribution in [-0.2, 0) is 5.41 Å². The molecule has 1 aliphatic carbocycles. The molecule has 1 aromatic heterocycles. The number of anilines is 3. The monoisotopic (exact) mass is 534 g/mol. The molecular formula is C40H26N2. The third kappa shape index (κ3) is 3.01. The van der Waals surface area contributed by atoms with Gasteiger partial charge >= 0.3 is 0 Å². The van der Waals surface area contributed by atoms with Gasteiger partial charge in [-0.2, -0.15) is 0 Å². The second-order valence-electron chi connectivity index (χ2n) is 11.2. The first-order chi connectivity index (χ1) is 20.9. The Morgan fingerprint density at radius 2 is 1.17 bits per heavy atom. The molecular weight excluding hydrogens is 508 g/mol. The Balaban J connectivity index is 1.45. The first-order valence-electron chi connectivity index (χ1n) is 14.5. The van der Waals surface area contributed by atoms with Crippen LogP contribution in [0.3, 0.4) is 0 Å². The number of rotatable bonds is 3. The molecule has 0 saturated heterocycles. The van der Waals surface area contributed by atoms with E-state index in [9.17, 15) is 0 Å². The normalized spacial score (nSPS) is 13.9. The highest BCUT2D eigenvalue weighted by Crippen LogP contribution is 2.60. The van der Waals surface area contributed by atoms with Crippen molar-refractivity contribution in [3.63, 3.8) is 0 Å². The van der Waals surface area contributed by atoms with Crippen LogP contribution in [0.5, 0.6) is 0 Å². The van der Waals surface area contributed by atoms with Crippen LogP contribution in [0.25, 0.3) is 33.0 Å². The fourth-order valence-corrected chi connectivity index (χ4v) is 7.50. The van der Waals surface area contributed by atoms with Gasteiger partial charge in [0.05, 0.1) is 28.7 Å². The van der Waals surface area contributed by atoms with Crippen LogP contribution in [0.15, 0.2) is 158 Å². The van der Waals surface area contributed by atoms with Crippen molar-refractivity contribution >= 4 is 27.8 Å². The molecule has 2 nitrogen and oxygen atoms in total. The number of fused-ring (bicyclic) bond motifs is 5. The standard InChI is InChI=1S/C40H26N2/c1-3-14-28(15-4-1)40(29-16-5-2-6-17-29)35-21-8-7-19-31(35)33-24-34-32-20-9-12-27-13-10-22-37(39(27)32)42(38(34)25-36(33)40)30-18-11-23-41-26-30/h1-26H. The summed E-state index contributed by atoms with van der Waals surface area (Å²) in [5.41, 5.74) is 13.2. The average molecular weight is 535 g/mol. The molecule has 6 aromatic carbocycles. The van der Waals surface area contributed by atoms with Gasteiger partial charge in [0.25, 0.3) is 0 Å². The van der Waals surface area contributed by atoms with E-state index in [1.54, 1.807) is 0 Å². The van der Waals surface area contributed by atoms with E-state index in [1.807, 2.05) is 18.5 Å². The maximum atomic E-state index is 4.54. The molecule has 0 atom stereocenters. The lowest BCUT2D eigenvalue weighted by molar-refractivity contribution is 0.768. The number of nitrogens with zero attached hydrogens (tertiary/aromatic N) is 2. The highest BCUT2D eigenvalue weighted by atomic mass is 15.2. The van der Waals surface area contributed by atoms with Gasteiger partial charge < -0.3 is 4.90 Å². The molecule has 1 aliphatic heterocycles. The Hall–Kier alpha value is -5.47. The fraction of sp³-hybridized carbons (Fsp3) is 0.0250. The van der Waals surface area contributed by atoms with E-state index in [1.165, 1.54) is 66.7 Å². The van der Waals surface area contributed by atoms with E-state index in [-0.39, 0.29) is 0 Å². The van der Waals surface area contributed by atoms with Crippen LogP contribution in [-0.4, -0.2) is 4.98 Å². The average Bonchev–Trinajstić information content (AvgIpc) is 3.36. The van der Waals surface area contributed by atoms with Gasteiger partial charge in [0.15, 0.2) is 0 Å². The zero-order valence-electron chi connectivity index (χ0n) is 22.9. The summed E-state index contributed by atoms with van der Waals surface area (Å²) >= 11 is 0. The third-order valence-corrected chi connectivity index (χ3v) is 9.13. The Morgan fingerprint density at radius 3 is 1.90 bits per heavy atom. The number of hydrogen-bond donors (Lipinski definition) is 0. The van der Waals surface area contributed by atoms with Crippen LogP contribution >= 0.6 is 0 Å². The summed E-state index contributed by atoms with van der Waals surface area (Å²) in [6.07, 6.45) is 3.82. The summed E-state index contributed by atoms with van der Waals surface area (Å²) in [4.78, 5) is 6.94. The van der Waals surface area contributed by atoms with Crippen molar-refractivity contribution in [2.24, 2.45) is 0 Å². The van der Waals surface area contributed by atoms with Gasteiger partial charge in [0.1, 0.15) is 0 Å². The van der Waals surface area contributed by atoms with E-state index in [2.05, 4.69) is 149 Å². The van der Waals surface area contributed by atoms with E-state index in [0.717, 1.165) is 5.69 Å². The number of aromatic nitrogens is 1. The van der Waals surface area contributed by atoms with Gasteiger partial charge in [-0.1, -0.05) is 115 Å². The van der Waals surface area contributed by atoms with Crippen LogP contribution in [0.1, 0.15) is 22.3 Å². The van der Waals surface area contributed by atoms with Crippen molar-refractivity contribution in [3.05, 3.63) is 180 Å². The SMILES string of the molecule is c1ccc(C2(c3ccccc3)c3ccccc3-c3cc4c(cc32)N(c2cccnc2)c2cccc3cccc-4c23)cc1. The fourth-order valence-electron chi connectivity index (χ4n) is 7.50. The van der Waals surface area contributed by atoms with E-state index >= 15 is 0 Å². The zero-order valence-corrected chi connectivity index (χ0v) is 22.9. The summed E-state index contributed by atoms with van der Waals surface area (Å²) < 4.78 is 0. The molecule has 0 saturated carbocycles. The van der Waals surface area contributed by atoms with Crippen molar-refractivity contribution in [2.75, 3.05) is 4.90 Å². The van der Waals surface area contributed by atoms with E-state index in [0.29, 0.717) is 0 Å². The smallest absolute Gasteiger partial charge is 0.0714 e. The first kappa shape index (κ1) is 23.3. The minimum absolute atomic E-state index is 0.451. The van der Waals surface area contributed by atoms with E-state index < -0.39 is 5.41 Å². The Bertz CT molecular complexity index is 2090. The first-order valence-corrected chi connectivity index (χ1v) is 14.5. The number of benzene rings is 6. The number of pyridine rings is 1. The lowest BCUT2D eigenvalue weighted by atomic mass is 9.67. The predicted octanol–water partition coefficient (Wildman–Crippen LogP) is 10.0. The van der Waals surface area contributed by atoms with Crippen molar-refractivity contribution in [1.82, 2.24) is 4.98 Å². The molecule has 9 rings (SSSR count). The topological polar surface area (TPSA) is 16.1 Å². The molecule has 2 aliphatic rings. The van der Waals surface area contributed by atoms with Gasteiger partial charge in [-0.15, -0.1) is 0 Å². The molecule has 0 fully saturated rings. The van der Waals surface area contributed by atoms with E-state index in [4.69, 9.17) is 0 Å². The molecule has 2 heterocycles. The molecule has 2 heteroatoms. The van der Waals surface area contributed by atoms with Crippen LogP contribution < -0.4 is 4.90 Å². The largest absolute Gasteiger partial charge is 0.308 e. The van der Waals surface area contributed by atoms with Gasteiger partial charge in [-0.3, -0.25) is 4.98 Å². The lowest BCUT2D eigenvalue weighted by Crippen LogP contribution is -2.29. The highest BCUT2D eigenvalue weighted by molar-refractivity contribution is 6.14. The maximum absolute atomic E-state index is 4.54. The lowest BCUT2D eigenvalue weighted by Gasteiger charge is -2.37. The molecule has 0 radical (unpaired) electrons. The Morgan fingerprint density at radius 1 is 0.476 bits per heavy atom. The minimum atomic E-state index is -0.451. The third-order valence-electron chi connectivity index (χ3n) is 9.13. The second-order valence-corrected chi connectivity index (χ2v) is 11.2. The second kappa shape index (κ2) is 8.76. The minimum Gasteiger partial charge on any atom is -0.308 e. The summed E-state index contributed by atoms with van der Waals surface area (Å²) in [7, 11) is 0. The number of hydrogen-bond acceptors (Lipinski definition) is 2. The summed E-state index contributed by atoms with van der Waals surface area (Å²) in [5.74, 6) is 0. The van der Waals surface area contributed by atoms with Crippen molar-refractivity contribution in [1.29, 1.82) is 0 Å². The van der Waals surface area contributed by atoms with Crippen molar-refractivity contribution < 1.29 is 0 Å². The van der Waals surface area contributed by atoms with Crippen molar-refractivity contribution in [3.8, 4) is 22.3 Å². The van der Waals surface area contributed by atoms with Gasteiger partial charge in [0, 0.05) is 17.1 Å². The maximum Gasteiger partial charge on any atom is 0.0714 e. The molecule has 42 heavy (non-hydrogen) atoms. The highest BCUT2D eigenvalue weighted by Gasteiger charge is 2.47. The predicted molar refractivity (Wildman–Crippen MR) is 173 cm³/mol. The quantitative estimate of drug-likeness (QED) is 0.224. The summed E-state index contributed by atoms with van der Waals surface area (Å²) in [6, 6.07) is 53.4. The molecule has 0 unspecified atom stereocenters. The summed E-state index contributed by atoms with van der Waals surface area (Å²) in [5, 5.41) is 2.52. The molecule has 0 N–H and O–H groups in total. The van der Waals surface area contributed by atoms with Crippen molar-refractivity contribution in [2.45, 2.75) is 5.41 Å². The molecule has 0 amide bonds. The molecule has 0 bridgehead atoms. The Kier molecular flexibility index (Phi) is 4.85. The van der Waals surface area contributed by atoms with Crippen LogP contribution in [0, 0.1) is 0 Å². The van der Waals surface area contributed by atoms with Crippen LogP contribution in [0.4, 0.5) is 17.1 Å². The van der Waals surface area contributed by atoms with Gasteiger partial charge in [-0.25, -0.2) is 0 Å². The van der Waals surface area contributed by atoms with Gasteiger partial charge in [0.2, 0.25) is 0 Å². The zero-order chi connectivity index (χ0) is 27.7. The molecule has 196 valence electrons. The summed E-state index contributed by atoms with van der Waals surface area (Å²) in [6.45, 7) is 0. The Labute approximate surface area is 245 Å². The molecule has 7 aromatic rings.